The molecule has 0 heterocycles. The van der Waals surface area contributed by atoms with Gasteiger partial charge in [-0.2, -0.15) is 0 Å². The summed E-state index contributed by atoms with van der Waals surface area (Å²) in [6, 6.07) is 8.17. The molecule has 1 aromatic carbocycles. The number of halogens is 1. The molecule has 1 saturated carbocycles. The van der Waals surface area contributed by atoms with E-state index in [2.05, 4.69) is 22.4 Å². The molecule has 1 aliphatic carbocycles. The van der Waals surface area contributed by atoms with Crippen molar-refractivity contribution < 1.29 is 0 Å². The van der Waals surface area contributed by atoms with Crippen molar-refractivity contribution >= 4 is 17.6 Å². The molecule has 19 heavy (non-hydrogen) atoms. The van der Waals surface area contributed by atoms with E-state index in [0.717, 1.165) is 24.4 Å². The Bertz CT molecular complexity index is 450. The van der Waals surface area contributed by atoms with E-state index in [1.807, 2.05) is 12.1 Å². The molecule has 0 amide bonds. The monoisotopic (exact) mass is 279 g/mol. The summed E-state index contributed by atoms with van der Waals surface area (Å²) >= 11 is 6.41. The Kier molecular flexibility index (Phi) is 4.70. The molecule has 0 aliphatic heterocycles. The Morgan fingerprint density at radius 2 is 2.00 bits per heavy atom. The van der Waals surface area contributed by atoms with Crippen LogP contribution >= 0.6 is 11.6 Å². The lowest BCUT2D eigenvalue weighted by atomic mass is 9.69. The molecule has 2 rings (SSSR count). The number of nitrogens with one attached hydrogen (secondary N) is 1. The first-order valence-corrected chi connectivity index (χ1v) is 7.27. The first-order chi connectivity index (χ1) is 9.18. The van der Waals surface area contributed by atoms with Crippen molar-refractivity contribution in [2.24, 2.45) is 10.7 Å². The highest BCUT2D eigenvalue weighted by Gasteiger charge is 2.35. The lowest BCUT2D eigenvalue weighted by molar-refractivity contribution is 0.292. The zero-order valence-corrected chi connectivity index (χ0v) is 12.2. The third-order valence-corrected chi connectivity index (χ3v) is 4.43. The summed E-state index contributed by atoms with van der Waals surface area (Å²) in [7, 11) is 1.70. The van der Waals surface area contributed by atoms with Gasteiger partial charge in [-0.3, -0.25) is 4.99 Å². The number of nitrogens with zero attached hydrogens (tertiary/aromatic N) is 1. The van der Waals surface area contributed by atoms with Crippen molar-refractivity contribution in [3.8, 4) is 0 Å². The Labute approximate surface area is 120 Å². The Balaban J connectivity index is 2.27. The van der Waals surface area contributed by atoms with Crippen molar-refractivity contribution in [3.05, 3.63) is 34.9 Å². The van der Waals surface area contributed by atoms with E-state index >= 15 is 0 Å². The molecule has 0 bridgehead atoms. The minimum absolute atomic E-state index is 0.0892. The van der Waals surface area contributed by atoms with Gasteiger partial charge in [0, 0.05) is 24.0 Å². The van der Waals surface area contributed by atoms with Crippen LogP contribution in [0.25, 0.3) is 0 Å². The van der Waals surface area contributed by atoms with Crippen molar-refractivity contribution in [1.82, 2.24) is 5.32 Å². The second-order valence-corrected chi connectivity index (χ2v) is 5.69. The van der Waals surface area contributed by atoms with Crippen molar-refractivity contribution in [3.63, 3.8) is 0 Å². The second kappa shape index (κ2) is 6.29. The molecule has 0 saturated heterocycles. The van der Waals surface area contributed by atoms with Crippen LogP contribution in [0.4, 0.5) is 0 Å². The third-order valence-electron chi connectivity index (χ3n) is 4.10. The minimum Gasteiger partial charge on any atom is -0.370 e. The van der Waals surface area contributed by atoms with E-state index < -0.39 is 0 Å². The van der Waals surface area contributed by atoms with E-state index in [0.29, 0.717) is 5.96 Å². The van der Waals surface area contributed by atoms with Crippen LogP contribution < -0.4 is 11.1 Å². The minimum atomic E-state index is 0.0892. The first-order valence-electron chi connectivity index (χ1n) is 6.89. The molecule has 0 radical (unpaired) electrons. The molecule has 3 nitrogen and oxygen atoms in total. The number of benzene rings is 1. The van der Waals surface area contributed by atoms with Gasteiger partial charge < -0.3 is 11.1 Å². The fourth-order valence-electron chi connectivity index (χ4n) is 3.00. The van der Waals surface area contributed by atoms with Crippen molar-refractivity contribution in [1.29, 1.82) is 0 Å². The highest BCUT2D eigenvalue weighted by Crippen LogP contribution is 2.41. The normalized spacial score (nSPS) is 19.2. The second-order valence-electron chi connectivity index (χ2n) is 5.28. The summed E-state index contributed by atoms with van der Waals surface area (Å²) in [5.74, 6) is 0.497. The standard InChI is InChI=1S/C15H22ClN3/c1-18-14(17)19-11-15(9-5-2-6-10-15)12-7-3-4-8-13(12)16/h3-4,7-8H,2,5-6,9-11H2,1H3,(H3,17,18,19). The Hall–Kier alpha value is -1.22. The third kappa shape index (κ3) is 3.21. The van der Waals surface area contributed by atoms with Crippen LogP contribution in [-0.4, -0.2) is 19.6 Å². The maximum Gasteiger partial charge on any atom is 0.188 e. The van der Waals surface area contributed by atoms with Crippen LogP contribution in [-0.2, 0) is 5.41 Å². The summed E-state index contributed by atoms with van der Waals surface area (Å²) < 4.78 is 0. The molecular weight excluding hydrogens is 258 g/mol. The largest absolute Gasteiger partial charge is 0.370 e. The van der Waals surface area contributed by atoms with Gasteiger partial charge in [-0.1, -0.05) is 49.1 Å². The van der Waals surface area contributed by atoms with Gasteiger partial charge in [-0.05, 0) is 24.5 Å². The van der Waals surface area contributed by atoms with E-state index in [4.69, 9.17) is 17.3 Å². The summed E-state index contributed by atoms with van der Waals surface area (Å²) in [4.78, 5) is 3.97. The first kappa shape index (κ1) is 14.2. The molecule has 1 aliphatic rings. The smallest absolute Gasteiger partial charge is 0.188 e. The van der Waals surface area contributed by atoms with Crippen molar-refractivity contribution in [2.75, 3.05) is 13.6 Å². The summed E-state index contributed by atoms with van der Waals surface area (Å²) in [5, 5.41) is 4.10. The highest BCUT2D eigenvalue weighted by atomic mass is 35.5. The molecule has 3 N–H and O–H groups in total. The van der Waals surface area contributed by atoms with Gasteiger partial charge in [0.05, 0.1) is 0 Å². The van der Waals surface area contributed by atoms with Gasteiger partial charge in [0.15, 0.2) is 5.96 Å². The molecule has 104 valence electrons. The average Bonchev–Trinajstić information content (AvgIpc) is 2.46. The predicted octanol–water partition coefficient (Wildman–Crippen LogP) is 3.08. The average molecular weight is 280 g/mol. The lowest BCUT2D eigenvalue weighted by Crippen LogP contribution is -2.44. The Morgan fingerprint density at radius 1 is 1.32 bits per heavy atom. The van der Waals surface area contributed by atoms with Crippen LogP contribution in [0.2, 0.25) is 5.02 Å². The van der Waals surface area contributed by atoms with E-state index in [-0.39, 0.29) is 5.41 Å². The summed E-state index contributed by atoms with van der Waals surface area (Å²) in [6.45, 7) is 0.805. The molecule has 0 aromatic heterocycles. The van der Waals surface area contributed by atoms with E-state index in [1.54, 1.807) is 7.05 Å². The van der Waals surface area contributed by atoms with Crippen LogP contribution in [0.1, 0.15) is 37.7 Å². The maximum absolute atomic E-state index is 6.41. The fourth-order valence-corrected chi connectivity index (χ4v) is 3.34. The SMILES string of the molecule is CN=C(N)NCC1(c2ccccc2Cl)CCCCC1. The number of guanidine groups is 1. The molecule has 1 aromatic rings. The van der Waals surface area contributed by atoms with Gasteiger partial charge in [0.2, 0.25) is 0 Å². The number of aliphatic imine (C=N–C) groups is 1. The van der Waals surface area contributed by atoms with Crippen LogP contribution in [0.15, 0.2) is 29.3 Å². The number of rotatable bonds is 3. The fraction of sp³-hybridized carbons (Fsp3) is 0.533. The van der Waals surface area contributed by atoms with E-state index in [9.17, 15) is 0 Å². The highest BCUT2D eigenvalue weighted by molar-refractivity contribution is 6.31. The van der Waals surface area contributed by atoms with Gasteiger partial charge >= 0.3 is 0 Å². The summed E-state index contributed by atoms with van der Waals surface area (Å²) in [6.07, 6.45) is 6.11. The van der Waals surface area contributed by atoms with Gasteiger partial charge in [-0.15, -0.1) is 0 Å². The number of nitrogens with two attached hydrogens (primary N) is 1. The molecule has 0 spiro atoms. The maximum atomic E-state index is 6.41. The molecular formula is C15H22ClN3. The zero-order valence-electron chi connectivity index (χ0n) is 11.5. The van der Waals surface area contributed by atoms with Crippen LogP contribution in [0.5, 0.6) is 0 Å². The zero-order chi connectivity index (χ0) is 13.7. The number of hydrogen-bond donors (Lipinski definition) is 2. The molecule has 0 atom stereocenters. The van der Waals surface area contributed by atoms with E-state index in [1.165, 1.54) is 24.8 Å². The van der Waals surface area contributed by atoms with Gasteiger partial charge in [0.25, 0.3) is 0 Å². The van der Waals surface area contributed by atoms with Gasteiger partial charge in [0.1, 0.15) is 0 Å². The van der Waals surface area contributed by atoms with Crippen LogP contribution in [0.3, 0.4) is 0 Å². The quantitative estimate of drug-likeness (QED) is 0.660. The number of hydrogen-bond acceptors (Lipinski definition) is 1. The molecule has 0 unspecified atom stereocenters. The predicted molar refractivity (Wildman–Crippen MR) is 81.8 cm³/mol. The summed E-state index contributed by atoms with van der Waals surface area (Å²) in [5.41, 5.74) is 7.10. The topological polar surface area (TPSA) is 50.4 Å². The van der Waals surface area contributed by atoms with Gasteiger partial charge in [-0.25, -0.2) is 0 Å². The lowest BCUT2D eigenvalue weighted by Gasteiger charge is -2.38. The molecule has 4 heteroatoms. The molecule has 1 fully saturated rings. The van der Waals surface area contributed by atoms with Crippen LogP contribution in [0, 0.1) is 0 Å². The Morgan fingerprint density at radius 3 is 2.63 bits per heavy atom. The van der Waals surface area contributed by atoms with Crippen molar-refractivity contribution in [2.45, 2.75) is 37.5 Å².